The maximum Gasteiger partial charge on any atom is 0.126 e. The molecule has 0 amide bonds. The second-order valence-electron chi connectivity index (χ2n) is 4.01. The highest BCUT2D eigenvalue weighted by molar-refractivity contribution is 5.57. The summed E-state index contributed by atoms with van der Waals surface area (Å²) in [7, 11) is 1.87. The van der Waals surface area contributed by atoms with Crippen molar-refractivity contribution in [3.63, 3.8) is 0 Å². The third-order valence-electron chi connectivity index (χ3n) is 2.54. The summed E-state index contributed by atoms with van der Waals surface area (Å²) >= 11 is 0. The van der Waals surface area contributed by atoms with Crippen LogP contribution in [0.5, 0.6) is 0 Å². The van der Waals surface area contributed by atoms with Crippen LogP contribution in [-0.4, -0.2) is 13.6 Å². The highest BCUT2D eigenvalue weighted by atomic mass is 19.1. The van der Waals surface area contributed by atoms with Crippen molar-refractivity contribution in [3.05, 3.63) is 29.1 Å². The van der Waals surface area contributed by atoms with Crippen LogP contribution in [0.2, 0.25) is 0 Å². The van der Waals surface area contributed by atoms with Crippen molar-refractivity contribution in [2.45, 2.75) is 19.9 Å². The highest BCUT2D eigenvalue weighted by Crippen LogP contribution is 2.27. The Hall–Kier alpha value is -1.53. The van der Waals surface area contributed by atoms with Crippen LogP contribution >= 0.6 is 0 Å². The number of hydrogen-bond acceptors (Lipinski definition) is 2. The van der Waals surface area contributed by atoms with E-state index in [0.29, 0.717) is 12.1 Å². The molecule has 0 saturated heterocycles. The lowest BCUT2D eigenvalue weighted by atomic mass is 10.0. The van der Waals surface area contributed by atoms with Gasteiger partial charge in [0.25, 0.3) is 0 Å². The van der Waals surface area contributed by atoms with E-state index in [2.05, 4.69) is 5.92 Å². The van der Waals surface area contributed by atoms with Gasteiger partial charge in [-0.05, 0) is 37.1 Å². The summed E-state index contributed by atoms with van der Waals surface area (Å²) in [5, 5.41) is 0. The monoisotopic (exact) mass is 220 g/mol. The number of terminal acetylenes is 1. The van der Waals surface area contributed by atoms with Crippen molar-refractivity contribution in [1.82, 2.24) is 0 Å². The van der Waals surface area contributed by atoms with Gasteiger partial charge in [-0.15, -0.1) is 6.42 Å². The smallest absolute Gasteiger partial charge is 0.126 e. The van der Waals surface area contributed by atoms with E-state index in [-0.39, 0.29) is 11.9 Å². The molecule has 0 aliphatic carbocycles. The Morgan fingerprint density at radius 2 is 2.19 bits per heavy atom. The molecule has 1 aromatic carbocycles. The molecule has 16 heavy (non-hydrogen) atoms. The quantitative estimate of drug-likeness (QED) is 0.791. The zero-order valence-electron chi connectivity index (χ0n) is 9.92. The minimum Gasteiger partial charge on any atom is -0.363 e. The largest absolute Gasteiger partial charge is 0.363 e. The number of hydrogen-bond donors (Lipinski definition) is 1. The first kappa shape index (κ1) is 12.5. The SMILES string of the molecule is C#CCN(C)c1cc(C)c(F)cc1C(C)N. The van der Waals surface area contributed by atoms with Crippen molar-refractivity contribution in [2.24, 2.45) is 5.73 Å². The van der Waals surface area contributed by atoms with Crippen molar-refractivity contribution >= 4 is 5.69 Å². The third-order valence-corrected chi connectivity index (χ3v) is 2.54. The summed E-state index contributed by atoms with van der Waals surface area (Å²) < 4.78 is 13.5. The first-order chi connectivity index (χ1) is 7.47. The van der Waals surface area contributed by atoms with Crippen LogP contribution in [0.3, 0.4) is 0 Å². The number of halogens is 1. The lowest BCUT2D eigenvalue weighted by Gasteiger charge is -2.22. The van der Waals surface area contributed by atoms with Gasteiger partial charge in [0.05, 0.1) is 6.54 Å². The predicted octanol–water partition coefficient (Wildman–Crippen LogP) is 2.22. The van der Waals surface area contributed by atoms with E-state index in [1.54, 1.807) is 13.0 Å². The van der Waals surface area contributed by atoms with E-state index in [0.717, 1.165) is 11.3 Å². The fourth-order valence-electron chi connectivity index (χ4n) is 1.60. The molecule has 1 rings (SSSR count). The summed E-state index contributed by atoms with van der Waals surface area (Å²) in [6, 6.07) is 3.05. The van der Waals surface area contributed by atoms with Crippen molar-refractivity contribution < 1.29 is 4.39 Å². The van der Waals surface area contributed by atoms with Gasteiger partial charge in [-0.3, -0.25) is 0 Å². The van der Waals surface area contributed by atoms with Crippen molar-refractivity contribution in [1.29, 1.82) is 0 Å². The highest BCUT2D eigenvalue weighted by Gasteiger charge is 2.13. The molecule has 0 fully saturated rings. The van der Waals surface area contributed by atoms with E-state index in [9.17, 15) is 4.39 Å². The lowest BCUT2D eigenvalue weighted by molar-refractivity contribution is 0.613. The van der Waals surface area contributed by atoms with Crippen LogP contribution in [0, 0.1) is 25.1 Å². The Balaban J connectivity index is 3.25. The standard InChI is InChI=1S/C13H17FN2/c1-5-6-16(4)13-7-9(2)12(14)8-11(13)10(3)15/h1,7-8,10H,6,15H2,2-4H3. The Labute approximate surface area is 96.3 Å². The van der Waals surface area contributed by atoms with E-state index < -0.39 is 0 Å². The molecule has 0 heterocycles. The molecule has 2 N–H and O–H groups in total. The number of rotatable bonds is 3. The number of benzene rings is 1. The molecule has 0 spiro atoms. The van der Waals surface area contributed by atoms with Crippen LogP contribution in [-0.2, 0) is 0 Å². The average Bonchev–Trinajstić information content (AvgIpc) is 2.21. The molecule has 0 radical (unpaired) electrons. The molecule has 1 unspecified atom stereocenters. The van der Waals surface area contributed by atoms with E-state index in [4.69, 9.17) is 12.2 Å². The molecule has 1 aromatic rings. The fraction of sp³-hybridized carbons (Fsp3) is 0.385. The van der Waals surface area contributed by atoms with Gasteiger partial charge in [0.1, 0.15) is 5.82 Å². The summed E-state index contributed by atoms with van der Waals surface area (Å²) in [5.74, 6) is 2.33. The molecule has 0 saturated carbocycles. The molecule has 86 valence electrons. The summed E-state index contributed by atoms with van der Waals surface area (Å²) in [6.45, 7) is 4.04. The van der Waals surface area contributed by atoms with Crippen LogP contribution < -0.4 is 10.6 Å². The maximum atomic E-state index is 13.5. The van der Waals surface area contributed by atoms with Gasteiger partial charge < -0.3 is 10.6 Å². The van der Waals surface area contributed by atoms with Crippen molar-refractivity contribution in [3.8, 4) is 12.3 Å². The predicted molar refractivity (Wildman–Crippen MR) is 65.8 cm³/mol. The van der Waals surface area contributed by atoms with Gasteiger partial charge in [-0.2, -0.15) is 0 Å². The minimum atomic E-state index is -0.231. The molecule has 0 aromatic heterocycles. The molecular formula is C13H17FN2. The Bertz CT molecular complexity index is 419. The van der Waals surface area contributed by atoms with Gasteiger partial charge in [-0.25, -0.2) is 4.39 Å². The minimum absolute atomic E-state index is 0.217. The lowest BCUT2D eigenvalue weighted by Crippen LogP contribution is -2.21. The van der Waals surface area contributed by atoms with Gasteiger partial charge in [0.15, 0.2) is 0 Å². The second-order valence-corrected chi connectivity index (χ2v) is 4.01. The van der Waals surface area contributed by atoms with E-state index in [1.165, 1.54) is 6.07 Å². The number of nitrogens with zero attached hydrogens (tertiary/aromatic N) is 1. The molecule has 0 bridgehead atoms. The number of anilines is 1. The Morgan fingerprint density at radius 1 is 1.56 bits per heavy atom. The molecule has 1 atom stereocenters. The van der Waals surface area contributed by atoms with Gasteiger partial charge in [-0.1, -0.05) is 5.92 Å². The zero-order chi connectivity index (χ0) is 12.3. The molecule has 0 aliphatic rings. The molecular weight excluding hydrogens is 203 g/mol. The Morgan fingerprint density at radius 3 is 2.69 bits per heavy atom. The average molecular weight is 220 g/mol. The molecule has 0 aliphatic heterocycles. The van der Waals surface area contributed by atoms with E-state index in [1.807, 2.05) is 18.9 Å². The van der Waals surface area contributed by atoms with E-state index >= 15 is 0 Å². The molecule has 3 heteroatoms. The van der Waals surface area contributed by atoms with Crippen LogP contribution in [0.15, 0.2) is 12.1 Å². The summed E-state index contributed by atoms with van der Waals surface area (Å²) in [6.07, 6.45) is 5.26. The summed E-state index contributed by atoms with van der Waals surface area (Å²) in [4.78, 5) is 1.89. The topological polar surface area (TPSA) is 29.3 Å². The van der Waals surface area contributed by atoms with Crippen LogP contribution in [0.4, 0.5) is 10.1 Å². The summed E-state index contributed by atoms with van der Waals surface area (Å²) in [5.41, 5.74) is 8.10. The van der Waals surface area contributed by atoms with Gasteiger partial charge in [0, 0.05) is 18.8 Å². The van der Waals surface area contributed by atoms with Crippen LogP contribution in [0.1, 0.15) is 24.1 Å². The van der Waals surface area contributed by atoms with Crippen LogP contribution in [0.25, 0.3) is 0 Å². The fourth-order valence-corrected chi connectivity index (χ4v) is 1.60. The molecule has 2 nitrogen and oxygen atoms in total. The zero-order valence-corrected chi connectivity index (χ0v) is 9.92. The first-order valence-electron chi connectivity index (χ1n) is 5.17. The maximum absolute atomic E-state index is 13.5. The number of aryl methyl sites for hydroxylation is 1. The van der Waals surface area contributed by atoms with Gasteiger partial charge >= 0.3 is 0 Å². The second kappa shape index (κ2) is 5.00. The third kappa shape index (κ3) is 2.53. The number of nitrogens with two attached hydrogens (primary N) is 1. The first-order valence-corrected chi connectivity index (χ1v) is 5.17. The normalized spacial score (nSPS) is 12.0. The Kier molecular flexibility index (Phi) is 3.92. The van der Waals surface area contributed by atoms with Gasteiger partial charge in [0.2, 0.25) is 0 Å². The van der Waals surface area contributed by atoms with Crippen molar-refractivity contribution in [2.75, 3.05) is 18.5 Å².